The minimum absolute atomic E-state index is 0.0176. The molecule has 0 bridgehead atoms. The fourth-order valence-corrected chi connectivity index (χ4v) is 5.66. The van der Waals surface area contributed by atoms with E-state index in [1.54, 1.807) is 30.2 Å². The van der Waals surface area contributed by atoms with Crippen LogP contribution in [0.1, 0.15) is 66.7 Å². The Hall–Kier alpha value is -5.44. The second-order valence-electron chi connectivity index (χ2n) is 11.0. The van der Waals surface area contributed by atoms with Crippen LogP contribution in [0, 0.1) is 5.41 Å². The largest absolute Gasteiger partial charge is 0.493 e. The third-order valence-electron chi connectivity index (χ3n) is 8.07. The Morgan fingerprint density at radius 3 is 2.36 bits per heavy atom. The van der Waals surface area contributed by atoms with E-state index in [4.69, 9.17) is 20.6 Å². The van der Waals surface area contributed by atoms with Crippen LogP contribution in [-0.2, 0) is 19.5 Å². The molecule has 0 saturated heterocycles. The van der Waals surface area contributed by atoms with Gasteiger partial charge in [0.15, 0.2) is 11.5 Å². The molecule has 2 aliphatic rings. The van der Waals surface area contributed by atoms with Crippen molar-refractivity contribution in [2.45, 2.75) is 39.0 Å². The third-order valence-corrected chi connectivity index (χ3v) is 8.07. The fraction of sp³-hybridized carbons (Fsp3) is 0.200. The molecule has 0 aromatic heterocycles. The van der Waals surface area contributed by atoms with Gasteiger partial charge in [-0.2, -0.15) is 0 Å². The van der Waals surface area contributed by atoms with E-state index in [2.05, 4.69) is 12.1 Å². The van der Waals surface area contributed by atoms with Crippen molar-refractivity contribution in [3.05, 3.63) is 124 Å². The number of benzene rings is 4. The Bertz CT molecular complexity index is 1800. The number of methoxy groups -OCH3 is 1. The predicted molar refractivity (Wildman–Crippen MR) is 166 cm³/mol. The van der Waals surface area contributed by atoms with Crippen molar-refractivity contribution in [1.29, 1.82) is 5.41 Å². The Kier molecular flexibility index (Phi) is 7.61. The molecule has 9 heteroatoms. The molecule has 3 amide bonds. The highest BCUT2D eigenvalue weighted by atomic mass is 16.5. The second-order valence-corrected chi connectivity index (χ2v) is 11.0. The Morgan fingerprint density at radius 2 is 1.61 bits per heavy atom. The topological polar surface area (TPSA) is 126 Å². The maximum absolute atomic E-state index is 13.6. The van der Waals surface area contributed by atoms with Crippen LogP contribution < -0.4 is 20.1 Å². The first kappa shape index (κ1) is 28.7. The zero-order valence-electron chi connectivity index (χ0n) is 24.5. The maximum atomic E-state index is 13.6. The average molecular weight is 589 g/mol. The third kappa shape index (κ3) is 5.40. The number of carbonyl (C=O) groups is 3. The molecule has 3 N–H and O–H groups in total. The number of fused-ring (bicyclic) bond motifs is 2. The normalized spacial score (nSPS) is 14.5. The lowest BCUT2D eigenvalue weighted by molar-refractivity contribution is 0.0642. The number of nitrogen functional groups attached to an aromatic ring is 1. The highest BCUT2D eigenvalue weighted by Gasteiger charge is 2.36. The van der Waals surface area contributed by atoms with Crippen molar-refractivity contribution in [2.75, 3.05) is 12.0 Å². The van der Waals surface area contributed by atoms with Crippen molar-refractivity contribution in [3.63, 3.8) is 0 Å². The van der Waals surface area contributed by atoms with E-state index >= 15 is 0 Å². The molecule has 1 atom stereocenters. The summed E-state index contributed by atoms with van der Waals surface area (Å²) < 4.78 is 11.8. The van der Waals surface area contributed by atoms with Crippen molar-refractivity contribution in [1.82, 2.24) is 4.90 Å². The van der Waals surface area contributed by atoms with Gasteiger partial charge in [-0.1, -0.05) is 48.5 Å². The van der Waals surface area contributed by atoms with E-state index in [1.165, 1.54) is 17.7 Å². The van der Waals surface area contributed by atoms with E-state index in [1.807, 2.05) is 49.4 Å². The van der Waals surface area contributed by atoms with Gasteiger partial charge in [-0.25, -0.2) is 0 Å². The lowest BCUT2D eigenvalue weighted by Gasteiger charge is -2.21. The van der Waals surface area contributed by atoms with Gasteiger partial charge in [0.1, 0.15) is 5.84 Å². The lowest BCUT2D eigenvalue weighted by atomic mass is 10.1. The van der Waals surface area contributed by atoms with Gasteiger partial charge in [-0.3, -0.25) is 24.7 Å². The minimum atomic E-state index is -0.453. The number of aryl methyl sites for hydroxylation is 1. The summed E-state index contributed by atoms with van der Waals surface area (Å²) >= 11 is 0. The van der Waals surface area contributed by atoms with Crippen LogP contribution in [0.5, 0.6) is 11.5 Å². The molecule has 0 aliphatic carbocycles. The number of amides is 3. The molecule has 9 nitrogen and oxygen atoms in total. The molecule has 2 heterocycles. The number of nitrogens with two attached hydrogens (primary N) is 1. The van der Waals surface area contributed by atoms with E-state index in [0.29, 0.717) is 40.4 Å². The number of amidine groups is 1. The van der Waals surface area contributed by atoms with Gasteiger partial charge in [0, 0.05) is 22.9 Å². The smallest absolute Gasteiger partial charge is 0.261 e. The molecule has 0 spiro atoms. The minimum Gasteiger partial charge on any atom is -0.493 e. The summed E-state index contributed by atoms with van der Waals surface area (Å²) in [6.45, 7) is 2.42. The van der Waals surface area contributed by atoms with Gasteiger partial charge in [-0.05, 0) is 66.8 Å². The molecule has 4 aromatic carbocycles. The molecular formula is C35H32N4O5. The summed E-state index contributed by atoms with van der Waals surface area (Å²) in [4.78, 5) is 42.6. The van der Waals surface area contributed by atoms with E-state index in [9.17, 15) is 14.4 Å². The van der Waals surface area contributed by atoms with Gasteiger partial charge < -0.3 is 20.1 Å². The number of imide groups is 1. The van der Waals surface area contributed by atoms with Crippen LogP contribution in [-0.4, -0.2) is 41.7 Å². The summed E-state index contributed by atoms with van der Waals surface area (Å²) in [6.07, 6.45) is 1.62. The van der Waals surface area contributed by atoms with Crippen molar-refractivity contribution in [2.24, 2.45) is 5.73 Å². The monoisotopic (exact) mass is 588 g/mol. The van der Waals surface area contributed by atoms with Crippen LogP contribution in [0.3, 0.4) is 0 Å². The van der Waals surface area contributed by atoms with E-state index in [0.717, 1.165) is 23.3 Å². The number of anilines is 1. The van der Waals surface area contributed by atoms with Crippen LogP contribution in [0.2, 0.25) is 0 Å². The lowest BCUT2D eigenvalue weighted by Crippen LogP contribution is -2.29. The van der Waals surface area contributed by atoms with Gasteiger partial charge >= 0.3 is 0 Å². The first-order chi connectivity index (χ1) is 21.2. The Balaban J connectivity index is 1.17. The SMILES string of the molecule is COc1ccc(N2Cc3ccc(CN4C(=O)c5ccc(C(=N)N)cc5C4=O)cc3C2=O)cc1OC(C)CCc1ccccc1. The number of ether oxygens (including phenoxy) is 2. The fourth-order valence-electron chi connectivity index (χ4n) is 5.66. The molecule has 0 fully saturated rings. The van der Waals surface area contributed by atoms with Crippen molar-refractivity contribution in [3.8, 4) is 11.5 Å². The van der Waals surface area contributed by atoms with Crippen LogP contribution >= 0.6 is 0 Å². The first-order valence-electron chi connectivity index (χ1n) is 14.4. The molecule has 44 heavy (non-hydrogen) atoms. The summed E-state index contributed by atoms with van der Waals surface area (Å²) in [5.41, 5.74) is 10.4. The summed E-state index contributed by atoms with van der Waals surface area (Å²) in [6, 6.07) is 25.7. The molecule has 2 aliphatic heterocycles. The Morgan fingerprint density at radius 1 is 0.841 bits per heavy atom. The molecule has 0 radical (unpaired) electrons. The van der Waals surface area contributed by atoms with E-state index < -0.39 is 11.8 Å². The number of carbonyl (C=O) groups excluding carboxylic acids is 3. The number of nitrogens with zero attached hydrogens (tertiary/aromatic N) is 2. The number of nitrogens with one attached hydrogen (secondary N) is 1. The summed E-state index contributed by atoms with van der Waals surface area (Å²) in [7, 11) is 1.59. The zero-order chi connectivity index (χ0) is 31.0. The van der Waals surface area contributed by atoms with Crippen LogP contribution in [0.25, 0.3) is 0 Å². The van der Waals surface area contributed by atoms with Crippen molar-refractivity contribution < 1.29 is 23.9 Å². The average Bonchev–Trinajstić information content (AvgIpc) is 3.48. The van der Waals surface area contributed by atoms with Gasteiger partial charge in [-0.15, -0.1) is 0 Å². The van der Waals surface area contributed by atoms with Crippen LogP contribution in [0.4, 0.5) is 5.69 Å². The molecule has 6 rings (SSSR count). The molecule has 4 aromatic rings. The highest BCUT2D eigenvalue weighted by Crippen LogP contribution is 2.37. The quantitative estimate of drug-likeness (QED) is 0.146. The van der Waals surface area contributed by atoms with Gasteiger partial charge in [0.25, 0.3) is 17.7 Å². The number of hydrogen-bond acceptors (Lipinski definition) is 6. The summed E-state index contributed by atoms with van der Waals surface area (Å²) in [5.74, 6) is -0.0795. The van der Waals surface area contributed by atoms with Crippen molar-refractivity contribution >= 4 is 29.2 Å². The van der Waals surface area contributed by atoms with Gasteiger partial charge in [0.05, 0.1) is 37.4 Å². The number of hydrogen-bond donors (Lipinski definition) is 2. The Labute approximate surface area is 255 Å². The second kappa shape index (κ2) is 11.7. The molecular weight excluding hydrogens is 556 g/mol. The molecule has 1 unspecified atom stereocenters. The van der Waals surface area contributed by atoms with E-state index in [-0.39, 0.29) is 35.5 Å². The zero-order valence-corrected chi connectivity index (χ0v) is 24.5. The maximum Gasteiger partial charge on any atom is 0.261 e. The van der Waals surface area contributed by atoms with Gasteiger partial charge in [0.2, 0.25) is 0 Å². The summed E-state index contributed by atoms with van der Waals surface area (Å²) in [5, 5.41) is 7.64. The molecule has 222 valence electrons. The first-order valence-corrected chi connectivity index (χ1v) is 14.4. The highest BCUT2D eigenvalue weighted by molar-refractivity contribution is 6.22. The predicted octanol–water partition coefficient (Wildman–Crippen LogP) is 5.34. The molecule has 0 saturated carbocycles. The van der Waals surface area contributed by atoms with Crippen LogP contribution in [0.15, 0.2) is 84.9 Å². The standard InChI is InChI=1S/C35H32N4O5/c1-21(8-9-22-6-4-3-5-7-22)44-31-18-26(13-15-30(31)43-2)38-20-25-11-10-23(16-28(25)34(38)41)19-39-33(40)27-14-12-24(32(36)37)17-29(27)35(39)42/h3-7,10-18,21H,8-9,19-20H2,1-2H3,(H3,36,37). The number of rotatable bonds is 10.